The van der Waals surface area contributed by atoms with Crippen molar-refractivity contribution < 1.29 is 4.79 Å². The average Bonchev–Trinajstić information content (AvgIpc) is 2.69. The quantitative estimate of drug-likeness (QED) is 0.579. The molecule has 0 atom stereocenters. The largest absolute Gasteiger partial charge is 0.324 e. The molecule has 0 aliphatic carbocycles. The van der Waals surface area contributed by atoms with Crippen molar-refractivity contribution in [2.75, 3.05) is 10.6 Å². The number of nitrogens with zero attached hydrogens (tertiary/aromatic N) is 2. The van der Waals surface area contributed by atoms with Gasteiger partial charge in [0.2, 0.25) is 5.95 Å². The zero-order valence-electron chi connectivity index (χ0n) is 16.7. The lowest BCUT2D eigenvalue weighted by atomic mass is 9.93. The molecule has 0 aliphatic heterocycles. The molecule has 1 aromatic heterocycles. The van der Waals surface area contributed by atoms with E-state index in [1.165, 1.54) is 11.1 Å². The van der Waals surface area contributed by atoms with Crippen molar-refractivity contribution in [3.05, 3.63) is 77.6 Å². The number of nitrogens with one attached hydrogen (secondary N) is 2. The fourth-order valence-electron chi connectivity index (χ4n) is 3.04. The number of para-hydroxylation sites is 2. The van der Waals surface area contributed by atoms with Crippen LogP contribution in [-0.2, 0) is 0 Å². The second kappa shape index (κ2) is 8.65. The van der Waals surface area contributed by atoms with E-state index in [1.807, 2.05) is 30.3 Å². The van der Waals surface area contributed by atoms with E-state index in [-0.39, 0.29) is 5.91 Å². The second-order valence-electron chi connectivity index (χ2n) is 7.36. The van der Waals surface area contributed by atoms with Crippen molar-refractivity contribution in [2.45, 2.75) is 39.5 Å². The molecule has 28 heavy (non-hydrogen) atoms. The van der Waals surface area contributed by atoms with E-state index in [0.29, 0.717) is 23.3 Å². The van der Waals surface area contributed by atoms with Gasteiger partial charge in [-0.2, -0.15) is 0 Å². The Morgan fingerprint density at radius 1 is 0.821 bits per heavy atom. The molecule has 5 heteroatoms. The van der Waals surface area contributed by atoms with Gasteiger partial charge in [-0.3, -0.25) is 4.79 Å². The first-order chi connectivity index (χ1) is 13.5. The van der Waals surface area contributed by atoms with Crippen molar-refractivity contribution in [3.8, 4) is 0 Å². The monoisotopic (exact) mass is 374 g/mol. The Labute approximate surface area is 166 Å². The van der Waals surface area contributed by atoms with Crippen LogP contribution in [0.25, 0.3) is 0 Å². The van der Waals surface area contributed by atoms with Crippen LogP contribution in [0.5, 0.6) is 0 Å². The Hall–Kier alpha value is -3.21. The Balaban J connectivity index is 1.81. The molecule has 2 N–H and O–H groups in total. The summed E-state index contributed by atoms with van der Waals surface area (Å²) >= 11 is 0. The van der Waals surface area contributed by atoms with Crippen molar-refractivity contribution >= 4 is 23.2 Å². The van der Waals surface area contributed by atoms with Crippen LogP contribution in [0.1, 0.15) is 61.0 Å². The van der Waals surface area contributed by atoms with Crippen LogP contribution in [0.2, 0.25) is 0 Å². The molecule has 0 aliphatic rings. The molecule has 1 heterocycles. The maximum atomic E-state index is 12.4. The minimum absolute atomic E-state index is 0.233. The minimum Gasteiger partial charge on any atom is -0.324 e. The third-order valence-electron chi connectivity index (χ3n) is 4.56. The van der Waals surface area contributed by atoms with Crippen LogP contribution in [0.15, 0.2) is 60.9 Å². The summed E-state index contributed by atoms with van der Waals surface area (Å²) in [6.07, 6.45) is 3.08. The van der Waals surface area contributed by atoms with Crippen LogP contribution >= 0.6 is 0 Å². The van der Waals surface area contributed by atoms with Crippen molar-refractivity contribution in [1.29, 1.82) is 0 Å². The van der Waals surface area contributed by atoms with Gasteiger partial charge < -0.3 is 10.6 Å². The molecule has 0 saturated heterocycles. The van der Waals surface area contributed by atoms with Gasteiger partial charge in [-0.05, 0) is 35.1 Å². The lowest BCUT2D eigenvalue weighted by Crippen LogP contribution is -2.13. The Kier molecular flexibility index (Phi) is 6.04. The first kappa shape index (κ1) is 19.5. The number of hydrogen-bond acceptors (Lipinski definition) is 4. The van der Waals surface area contributed by atoms with Gasteiger partial charge in [0, 0.05) is 23.8 Å². The van der Waals surface area contributed by atoms with E-state index in [2.05, 4.69) is 66.5 Å². The molecule has 0 bridgehead atoms. The van der Waals surface area contributed by atoms with E-state index in [9.17, 15) is 4.79 Å². The highest BCUT2D eigenvalue weighted by molar-refractivity contribution is 6.03. The molecule has 144 valence electrons. The zero-order valence-corrected chi connectivity index (χ0v) is 16.7. The number of hydrogen-bond donors (Lipinski definition) is 2. The summed E-state index contributed by atoms with van der Waals surface area (Å²) in [4.78, 5) is 21.1. The van der Waals surface area contributed by atoms with E-state index >= 15 is 0 Å². The van der Waals surface area contributed by atoms with Crippen LogP contribution in [0.4, 0.5) is 17.3 Å². The van der Waals surface area contributed by atoms with Gasteiger partial charge in [-0.25, -0.2) is 9.97 Å². The average molecular weight is 374 g/mol. The van der Waals surface area contributed by atoms with E-state index in [4.69, 9.17) is 0 Å². The van der Waals surface area contributed by atoms with Gasteiger partial charge in [0.1, 0.15) is 0 Å². The molecule has 0 unspecified atom stereocenters. The van der Waals surface area contributed by atoms with E-state index in [0.717, 1.165) is 11.4 Å². The molecule has 0 spiro atoms. The first-order valence-electron chi connectivity index (χ1n) is 9.54. The molecule has 0 radical (unpaired) electrons. The van der Waals surface area contributed by atoms with Crippen molar-refractivity contribution in [3.63, 3.8) is 0 Å². The van der Waals surface area contributed by atoms with Gasteiger partial charge in [0.25, 0.3) is 5.91 Å². The van der Waals surface area contributed by atoms with Gasteiger partial charge in [-0.15, -0.1) is 0 Å². The van der Waals surface area contributed by atoms with Crippen molar-refractivity contribution in [2.24, 2.45) is 0 Å². The van der Waals surface area contributed by atoms with Crippen molar-refractivity contribution in [1.82, 2.24) is 9.97 Å². The molecule has 2 aromatic carbocycles. The van der Waals surface area contributed by atoms with E-state index in [1.54, 1.807) is 12.4 Å². The SMILES string of the molecule is CC(C)c1cccc(C(C)C)c1Nc1ncc(C(=O)Nc2ccccc2)cn1. The lowest BCUT2D eigenvalue weighted by molar-refractivity contribution is 0.102. The predicted molar refractivity (Wildman–Crippen MR) is 114 cm³/mol. The first-order valence-corrected chi connectivity index (χ1v) is 9.54. The summed E-state index contributed by atoms with van der Waals surface area (Å²) in [5.74, 6) is 0.990. The third-order valence-corrected chi connectivity index (χ3v) is 4.56. The van der Waals surface area contributed by atoms with Crippen LogP contribution in [0.3, 0.4) is 0 Å². The van der Waals surface area contributed by atoms with Crippen LogP contribution < -0.4 is 10.6 Å². The van der Waals surface area contributed by atoms with Crippen LogP contribution in [0, 0.1) is 0 Å². The van der Waals surface area contributed by atoms with E-state index < -0.39 is 0 Å². The number of carbonyl (C=O) groups excluding carboxylic acids is 1. The fraction of sp³-hybridized carbons (Fsp3) is 0.261. The number of rotatable bonds is 6. The van der Waals surface area contributed by atoms with Gasteiger partial charge in [0.05, 0.1) is 5.56 Å². The number of aromatic nitrogens is 2. The maximum absolute atomic E-state index is 12.4. The number of benzene rings is 2. The number of anilines is 3. The highest BCUT2D eigenvalue weighted by atomic mass is 16.1. The highest BCUT2D eigenvalue weighted by Crippen LogP contribution is 2.33. The van der Waals surface area contributed by atoms with Crippen LogP contribution in [-0.4, -0.2) is 15.9 Å². The smallest absolute Gasteiger partial charge is 0.258 e. The molecule has 0 saturated carbocycles. The Morgan fingerprint density at radius 2 is 1.39 bits per heavy atom. The summed E-state index contributed by atoms with van der Waals surface area (Å²) in [5, 5.41) is 6.20. The maximum Gasteiger partial charge on any atom is 0.258 e. The third kappa shape index (κ3) is 4.55. The zero-order chi connectivity index (χ0) is 20.1. The Morgan fingerprint density at radius 3 is 1.93 bits per heavy atom. The molecular formula is C23H26N4O. The molecule has 5 nitrogen and oxygen atoms in total. The second-order valence-corrected chi connectivity index (χ2v) is 7.36. The molecule has 3 rings (SSSR count). The normalized spacial score (nSPS) is 10.9. The molecule has 1 amide bonds. The summed E-state index contributed by atoms with van der Waals surface area (Å²) in [5.41, 5.74) is 4.65. The summed E-state index contributed by atoms with van der Waals surface area (Å²) in [6.45, 7) is 8.68. The minimum atomic E-state index is -0.233. The highest BCUT2D eigenvalue weighted by Gasteiger charge is 2.15. The standard InChI is InChI=1S/C23H26N4O/c1-15(2)19-11-8-12-20(16(3)4)21(19)27-23-24-13-17(14-25-23)22(28)26-18-9-6-5-7-10-18/h5-16H,1-4H3,(H,26,28)(H,24,25,27). The molecule has 0 fully saturated rings. The topological polar surface area (TPSA) is 66.9 Å². The summed E-state index contributed by atoms with van der Waals surface area (Å²) in [6, 6.07) is 15.7. The summed E-state index contributed by atoms with van der Waals surface area (Å²) < 4.78 is 0. The molecular weight excluding hydrogens is 348 g/mol. The van der Waals surface area contributed by atoms with Gasteiger partial charge in [0.15, 0.2) is 0 Å². The summed E-state index contributed by atoms with van der Waals surface area (Å²) in [7, 11) is 0. The van der Waals surface area contributed by atoms with Gasteiger partial charge >= 0.3 is 0 Å². The molecule has 3 aromatic rings. The lowest BCUT2D eigenvalue weighted by Gasteiger charge is -2.20. The number of amides is 1. The predicted octanol–water partition coefficient (Wildman–Crippen LogP) is 5.72. The van der Waals surface area contributed by atoms with Gasteiger partial charge in [-0.1, -0.05) is 64.1 Å². The fourth-order valence-corrected chi connectivity index (χ4v) is 3.04. The Bertz CT molecular complexity index is 908. The number of carbonyl (C=O) groups is 1.